The number of halogens is 1. The van der Waals surface area contributed by atoms with Gasteiger partial charge in [-0.3, -0.25) is 4.57 Å². The van der Waals surface area contributed by atoms with Crippen LogP contribution < -0.4 is 0 Å². The summed E-state index contributed by atoms with van der Waals surface area (Å²) in [5, 5.41) is 18.7. The first-order valence-electron chi connectivity index (χ1n) is 8.50. The molecule has 0 atom stereocenters. The summed E-state index contributed by atoms with van der Waals surface area (Å²) in [5.74, 6) is 0.107. The van der Waals surface area contributed by atoms with Crippen LogP contribution in [0, 0.1) is 17.1 Å². The van der Waals surface area contributed by atoms with E-state index < -0.39 is 0 Å². The van der Waals surface area contributed by atoms with Gasteiger partial charge in [-0.05, 0) is 41.6 Å². The maximum Gasteiger partial charge on any atom is 0.198 e. The molecule has 4 aromatic rings. The van der Waals surface area contributed by atoms with Gasteiger partial charge in [0.2, 0.25) is 0 Å². The second-order valence-corrected chi connectivity index (χ2v) is 6.94. The normalized spacial score (nSPS) is 10.6. The summed E-state index contributed by atoms with van der Waals surface area (Å²) in [5.41, 5.74) is 1.93. The molecule has 0 bridgehead atoms. The molecule has 5 nitrogen and oxygen atoms in total. The maximum atomic E-state index is 14.4. The molecule has 0 saturated heterocycles. The van der Waals surface area contributed by atoms with Gasteiger partial charge in [0, 0.05) is 6.20 Å². The summed E-state index contributed by atoms with van der Waals surface area (Å²) in [6.07, 6.45) is 1.51. The average molecular weight is 387 g/mol. The summed E-state index contributed by atoms with van der Waals surface area (Å²) in [4.78, 5) is 4.28. The highest BCUT2D eigenvalue weighted by molar-refractivity contribution is 7.99. The van der Waals surface area contributed by atoms with Gasteiger partial charge in [-0.2, -0.15) is 5.26 Å². The zero-order valence-corrected chi connectivity index (χ0v) is 15.5. The number of pyridine rings is 1. The number of nitriles is 1. The zero-order valence-electron chi connectivity index (χ0n) is 14.7. The van der Waals surface area contributed by atoms with Crippen molar-refractivity contribution in [3.63, 3.8) is 0 Å². The summed E-state index contributed by atoms with van der Waals surface area (Å²) in [6.45, 7) is 0.496. The van der Waals surface area contributed by atoms with Crippen molar-refractivity contribution in [3.05, 3.63) is 89.9 Å². The lowest BCUT2D eigenvalue weighted by molar-refractivity contribution is 0.626. The van der Waals surface area contributed by atoms with Crippen molar-refractivity contribution in [3.8, 4) is 17.5 Å². The van der Waals surface area contributed by atoms with Crippen molar-refractivity contribution in [1.82, 2.24) is 19.7 Å². The van der Waals surface area contributed by atoms with E-state index in [-0.39, 0.29) is 5.82 Å². The number of hydrogen-bond acceptors (Lipinski definition) is 5. The Bertz CT molecular complexity index is 1130. The molecule has 2 aromatic heterocycles. The fraction of sp³-hybridized carbons (Fsp3) is 0.0476. The minimum Gasteiger partial charge on any atom is -0.297 e. The summed E-state index contributed by atoms with van der Waals surface area (Å²) < 4.78 is 16.3. The van der Waals surface area contributed by atoms with Crippen molar-refractivity contribution in [2.24, 2.45) is 0 Å². The van der Waals surface area contributed by atoms with Gasteiger partial charge in [0.25, 0.3) is 0 Å². The second kappa shape index (κ2) is 8.03. The van der Waals surface area contributed by atoms with E-state index in [2.05, 4.69) is 15.2 Å². The third kappa shape index (κ3) is 3.77. The number of nitrogens with zero attached hydrogens (tertiary/aromatic N) is 5. The molecule has 0 fully saturated rings. The zero-order chi connectivity index (χ0) is 19.3. The Kier molecular flexibility index (Phi) is 5.13. The van der Waals surface area contributed by atoms with Crippen LogP contribution in [-0.4, -0.2) is 19.7 Å². The van der Waals surface area contributed by atoms with Crippen molar-refractivity contribution in [1.29, 1.82) is 5.26 Å². The fourth-order valence-corrected chi connectivity index (χ4v) is 3.49. The fourth-order valence-electron chi connectivity index (χ4n) is 2.71. The molecule has 28 heavy (non-hydrogen) atoms. The van der Waals surface area contributed by atoms with Crippen LogP contribution >= 0.6 is 11.8 Å². The minimum absolute atomic E-state index is 0.350. The molecule has 4 rings (SSSR count). The van der Waals surface area contributed by atoms with Crippen LogP contribution in [0.5, 0.6) is 0 Å². The van der Waals surface area contributed by atoms with Crippen LogP contribution in [0.1, 0.15) is 11.1 Å². The third-order valence-electron chi connectivity index (χ3n) is 4.08. The Balaban J connectivity index is 1.75. The SMILES string of the molecule is N#Cc1ccc(Sc2nnc(-c3ccccc3F)n2Cc2ccccc2)nc1. The molecule has 0 aliphatic carbocycles. The van der Waals surface area contributed by atoms with Crippen molar-refractivity contribution in [2.75, 3.05) is 0 Å². The topological polar surface area (TPSA) is 67.4 Å². The number of benzene rings is 2. The lowest BCUT2D eigenvalue weighted by Crippen LogP contribution is -2.05. The highest BCUT2D eigenvalue weighted by Gasteiger charge is 2.18. The van der Waals surface area contributed by atoms with E-state index in [4.69, 9.17) is 5.26 Å². The molecule has 0 saturated carbocycles. The van der Waals surface area contributed by atoms with Crippen molar-refractivity contribution < 1.29 is 4.39 Å². The Hall–Kier alpha value is -3.50. The second-order valence-electron chi connectivity index (χ2n) is 5.96. The third-order valence-corrected chi connectivity index (χ3v) is 5.01. The highest BCUT2D eigenvalue weighted by atomic mass is 32.2. The standard InChI is InChI=1S/C21H14FN5S/c22-18-9-5-4-8-17(18)20-25-26-21(27(20)14-15-6-2-1-3-7-15)28-19-11-10-16(12-23)13-24-19/h1-11,13H,14H2. The van der Waals surface area contributed by atoms with Crippen molar-refractivity contribution >= 4 is 11.8 Å². The molecule has 0 amide bonds. The number of aromatic nitrogens is 4. The molecule has 0 N–H and O–H groups in total. The predicted octanol–water partition coefficient (Wildman–Crippen LogP) is 4.55. The molecule has 0 spiro atoms. The van der Waals surface area contributed by atoms with Gasteiger partial charge >= 0.3 is 0 Å². The molecule has 0 unspecified atom stereocenters. The molecule has 0 aliphatic heterocycles. The Labute approximate surface area is 165 Å². The van der Waals surface area contributed by atoms with Crippen LogP contribution in [0.4, 0.5) is 4.39 Å². The smallest absolute Gasteiger partial charge is 0.198 e. The maximum absolute atomic E-state index is 14.4. The Morgan fingerprint density at radius 2 is 1.75 bits per heavy atom. The minimum atomic E-state index is -0.350. The van der Waals surface area contributed by atoms with Gasteiger partial charge in [0.1, 0.15) is 16.9 Å². The Morgan fingerprint density at radius 3 is 2.46 bits per heavy atom. The van der Waals surface area contributed by atoms with Gasteiger partial charge < -0.3 is 0 Å². The molecule has 136 valence electrons. The van der Waals surface area contributed by atoms with E-state index in [1.165, 1.54) is 24.0 Å². The average Bonchev–Trinajstić information content (AvgIpc) is 3.11. The molecule has 2 aromatic carbocycles. The van der Waals surface area contributed by atoms with Crippen LogP contribution in [-0.2, 0) is 6.54 Å². The van der Waals surface area contributed by atoms with E-state index in [9.17, 15) is 4.39 Å². The molecular weight excluding hydrogens is 373 g/mol. The van der Waals surface area contributed by atoms with Gasteiger partial charge in [0.15, 0.2) is 11.0 Å². The first kappa shape index (κ1) is 17.9. The lowest BCUT2D eigenvalue weighted by Gasteiger charge is -2.11. The van der Waals surface area contributed by atoms with Gasteiger partial charge in [0.05, 0.1) is 17.7 Å². The molecule has 0 radical (unpaired) electrons. The van der Waals surface area contributed by atoms with Gasteiger partial charge in [-0.15, -0.1) is 10.2 Å². The van der Waals surface area contributed by atoms with Crippen LogP contribution in [0.25, 0.3) is 11.4 Å². The van der Waals surface area contributed by atoms with Crippen LogP contribution in [0.2, 0.25) is 0 Å². The molecule has 2 heterocycles. The highest BCUT2D eigenvalue weighted by Crippen LogP contribution is 2.30. The lowest BCUT2D eigenvalue weighted by atomic mass is 10.2. The number of hydrogen-bond donors (Lipinski definition) is 0. The van der Waals surface area contributed by atoms with E-state index in [1.807, 2.05) is 41.0 Å². The van der Waals surface area contributed by atoms with E-state index in [0.29, 0.717) is 33.7 Å². The van der Waals surface area contributed by atoms with Crippen LogP contribution in [0.3, 0.4) is 0 Å². The Morgan fingerprint density at radius 1 is 0.964 bits per heavy atom. The van der Waals surface area contributed by atoms with Crippen LogP contribution in [0.15, 0.2) is 83.1 Å². The van der Waals surface area contributed by atoms with E-state index >= 15 is 0 Å². The molecule has 0 aliphatic rings. The van der Waals surface area contributed by atoms with E-state index in [0.717, 1.165) is 5.56 Å². The summed E-state index contributed by atoms with van der Waals surface area (Å²) in [7, 11) is 0. The molecular formula is C21H14FN5S. The van der Waals surface area contributed by atoms with Gasteiger partial charge in [-0.1, -0.05) is 42.5 Å². The predicted molar refractivity (Wildman–Crippen MR) is 104 cm³/mol. The largest absolute Gasteiger partial charge is 0.297 e. The summed E-state index contributed by atoms with van der Waals surface area (Å²) in [6, 6.07) is 21.9. The summed E-state index contributed by atoms with van der Waals surface area (Å²) >= 11 is 1.32. The monoisotopic (exact) mass is 387 g/mol. The first-order chi connectivity index (χ1) is 13.7. The van der Waals surface area contributed by atoms with Gasteiger partial charge in [-0.25, -0.2) is 9.37 Å². The first-order valence-corrected chi connectivity index (χ1v) is 9.32. The number of rotatable bonds is 5. The van der Waals surface area contributed by atoms with Crippen molar-refractivity contribution in [2.45, 2.75) is 16.7 Å². The molecule has 7 heteroatoms. The van der Waals surface area contributed by atoms with E-state index in [1.54, 1.807) is 30.3 Å². The quantitative estimate of drug-likeness (QED) is 0.502.